The average molecular weight is 408 g/mol. The summed E-state index contributed by atoms with van der Waals surface area (Å²) >= 11 is 0. The molecule has 0 radical (unpaired) electrons. The zero-order valence-corrected chi connectivity index (χ0v) is 15.3. The van der Waals surface area contributed by atoms with Gasteiger partial charge in [-0.15, -0.1) is 0 Å². The highest BCUT2D eigenvalue weighted by Gasteiger charge is 2.07. The lowest BCUT2D eigenvalue weighted by atomic mass is 10.3. The summed E-state index contributed by atoms with van der Waals surface area (Å²) in [7, 11) is 0. The maximum Gasteiger partial charge on any atom is 0.323 e. The van der Waals surface area contributed by atoms with Crippen molar-refractivity contribution in [1.29, 1.82) is 0 Å². The van der Waals surface area contributed by atoms with E-state index in [-0.39, 0.29) is 5.69 Å². The van der Waals surface area contributed by atoms with Crippen molar-refractivity contribution >= 4 is 17.4 Å². The van der Waals surface area contributed by atoms with Crippen molar-refractivity contribution in [2.45, 2.75) is 0 Å². The number of amides is 2. The predicted octanol–water partition coefficient (Wildman–Crippen LogP) is 4.38. The number of benzene rings is 2. The van der Waals surface area contributed by atoms with Gasteiger partial charge in [0.1, 0.15) is 23.7 Å². The smallest absolute Gasteiger partial charge is 0.323 e. The van der Waals surface area contributed by atoms with Crippen LogP contribution >= 0.6 is 0 Å². The largest absolute Gasteiger partial charge is 0.439 e. The second kappa shape index (κ2) is 8.35. The molecule has 2 aromatic heterocycles. The van der Waals surface area contributed by atoms with Crippen LogP contribution < -0.4 is 15.4 Å². The Labute approximate surface area is 169 Å². The zero-order valence-electron chi connectivity index (χ0n) is 15.3. The summed E-state index contributed by atoms with van der Waals surface area (Å²) in [6.45, 7) is 0. The Morgan fingerprint density at radius 2 is 1.67 bits per heavy atom. The number of carbonyl (C=O) groups excluding carboxylic acids is 1. The lowest BCUT2D eigenvalue weighted by molar-refractivity contribution is 0.262. The van der Waals surface area contributed by atoms with Crippen molar-refractivity contribution in [3.63, 3.8) is 0 Å². The first-order valence-corrected chi connectivity index (χ1v) is 8.69. The first kappa shape index (κ1) is 19.0. The third-order valence-electron chi connectivity index (χ3n) is 3.82. The summed E-state index contributed by atoms with van der Waals surface area (Å²) in [6, 6.07) is 12.0. The van der Waals surface area contributed by atoms with Crippen LogP contribution in [0, 0.1) is 11.6 Å². The average Bonchev–Trinajstić information content (AvgIpc) is 3.24. The number of nitrogens with zero attached hydrogens (tertiary/aromatic N) is 4. The number of halogens is 2. The third-order valence-corrected chi connectivity index (χ3v) is 3.82. The van der Waals surface area contributed by atoms with Gasteiger partial charge in [0.15, 0.2) is 5.82 Å². The van der Waals surface area contributed by atoms with Crippen LogP contribution in [-0.2, 0) is 0 Å². The molecule has 0 aliphatic carbocycles. The van der Waals surface area contributed by atoms with Crippen molar-refractivity contribution in [3.8, 4) is 17.4 Å². The Morgan fingerprint density at radius 3 is 2.37 bits per heavy atom. The van der Waals surface area contributed by atoms with Gasteiger partial charge in [0.2, 0.25) is 5.88 Å². The molecule has 0 spiro atoms. The molecule has 0 fully saturated rings. The Balaban J connectivity index is 1.38. The molecule has 4 aromatic rings. The molecule has 150 valence electrons. The minimum absolute atomic E-state index is 0.00158. The van der Waals surface area contributed by atoms with Gasteiger partial charge < -0.3 is 15.4 Å². The highest BCUT2D eigenvalue weighted by atomic mass is 19.1. The summed E-state index contributed by atoms with van der Waals surface area (Å²) in [6.07, 6.45) is 4.74. The molecular formula is C20H14F2N6O2. The monoisotopic (exact) mass is 408 g/mol. The van der Waals surface area contributed by atoms with E-state index in [2.05, 4.69) is 25.7 Å². The number of rotatable bonds is 5. The van der Waals surface area contributed by atoms with Crippen molar-refractivity contribution in [3.05, 3.63) is 85.0 Å². The van der Waals surface area contributed by atoms with E-state index in [4.69, 9.17) is 4.74 Å². The maximum atomic E-state index is 13.2. The molecule has 0 saturated heterocycles. The van der Waals surface area contributed by atoms with E-state index >= 15 is 0 Å². The second-order valence-electron chi connectivity index (χ2n) is 6.03. The predicted molar refractivity (Wildman–Crippen MR) is 105 cm³/mol. The van der Waals surface area contributed by atoms with Crippen molar-refractivity contribution in [2.75, 3.05) is 10.6 Å². The van der Waals surface area contributed by atoms with Crippen molar-refractivity contribution < 1.29 is 18.3 Å². The van der Waals surface area contributed by atoms with Crippen molar-refractivity contribution in [1.82, 2.24) is 19.7 Å². The van der Waals surface area contributed by atoms with Crippen LogP contribution in [0.1, 0.15) is 0 Å². The second-order valence-corrected chi connectivity index (χ2v) is 6.03. The van der Waals surface area contributed by atoms with Crippen LogP contribution in [0.15, 0.2) is 73.3 Å². The van der Waals surface area contributed by atoms with Crippen LogP contribution in [0.3, 0.4) is 0 Å². The molecule has 2 heterocycles. The lowest BCUT2D eigenvalue weighted by Gasteiger charge is -2.09. The normalized spacial score (nSPS) is 10.5. The van der Waals surface area contributed by atoms with Gasteiger partial charge in [-0.05, 0) is 42.5 Å². The number of aromatic nitrogens is 4. The van der Waals surface area contributed by atoms with Gasteiger partial charge in [0, 0.05) is 35.9 Å². The van der Waals surface area contributed by atoms with Crippen LogP contribution in [0.4, 0.5) is 25.0 Å². The van der Waals surface area contributed by atoms with Crippen molar-refractivity contribution in [2.24, 2.45) is 0 Å². The first-order chi connectivity index (χ1) is 14.5. The van der Waals surface area contributed by atoms with E-state index < -0.39 is 17.7 Å². The van der Waals surface area contributed by atoms with E-state index in [1.54, 1.807) is 53.5 Å². The van der Waals surface area contributed by atoms with Gasteiger partial charge in [-0.3, -0.25) is 0 Å². The van der Waals surface area contributed by atoms with Crippen LogP contribution in [-0.4, -0.2) is 25.8 Å². The summed E-state index contributed by atoms with van der Waals surface area (Å²) in [5, 5.41) is 9.02. The van der Waals surface area contributed by atoms with E-state index in [9.17, 15) is 13.6 Å². The molecule has 0 saturated carbocycles. The highest BCUT2D eigenvalue weighted by molar-refractivity contribution is 5.99. The minimum Gasteiger partial charge on any atom is -0.439 e. The Hall–Kier alpha value is -4.34. The number of hydrogen-bond donors (Lipinski definition) is 2. The van der Waals surface area contributed by atoms with E-state index in [1.165, 1.54) is 6.33 Å². The highest BCUT2D eigenvalue weighted by Crippen LogP contribution is 2.22. The molecule has 0 aliphatic rings. The lowest BCUT2D eigenvalue weighted by Crippen LogP contribution is -2.19. The van der Waals surface area contributed by atoms with E-state index in [0.717, 1.165) is 18.2 Å². The molecule has 0 atom stereocenters. The zero-order chi connectivity index (χ0) is 20.9. The fourth-order valence-electron chi connectivity index (χ4n) is 2.56. The van der Waals surface area contributed by atoms with Crippen LogP contribution in [0.5, 0.6) is 11.6 Å². The molecule has 0 unspecified atom stereocenters. The molecular weight excluding hydrogens is 394 g/mol. The Bertz CT molecular complexity index is 1150. The Kier molecular flexibility index (Phi) is 5.29. The summed E-state index contributed by atoms with van der Waals surface area (Å²) in [4.78, 5) is 20.2. The third kappa shape index (κ3) is 4.73. The van der Waals surface area contributed by atoms with Gasteiger partial charge in [-0.1, -0.05) is 0 Å². The number of hydrogen-bond acceptors (Lipinski definition) is 5. The number of nitrogens with one attached hydrogen (secondary N) is 2. The van der Waals surface area contributed by atoms with Gasteiger partial charge in [-0.25, -0.2) is 28.2 Å². The summed E-state index contributed by atoms with van der Waals surface area (Å²) in [5.41, 5.74) is 0.457. The SMILES string of the molecule is O=C(Nc1ccc(Oc2cc(-n3cccn3)ncn2)cc1)Nc1cc(F)cc(F)c1. The maximum absolute atomic E-state index is 13.2. The van der Waals surface area contributed by atoms with Gasteiger partial charge in [-0.2, -0.15) is 5.10 Å². The molecule has 2 N–H and O–H groups in total. The molecule has 2 amide bonds. The number of carbonyl (C=O) groups is 1. The van der Waals surface area contributed by atoms with Crippen LogP contribution in [0.2, 0.25) is 0 Å². The first-order valence-electron chi connectivity index (χ1n) is 8.69. The fraction of sp³-hybridized carbons (Fsp3) is 0. The number of urea groups is 1. The minimum atomic E-state index is -0.785. The van der Waals surface area contributed by atoms with E-state index in [1.807, 2.05) is 0 Å². The van der Waals surface area contributed by atoms with E-state index in [0.29, 0.717) is 23.1 Å². The van der Waals surface area contributed by atoms with Gasteiger partial charge >= 0.3 is 6.03 Å². The molecule has 2 aromatic carbocycles. The molecule has 8 nitrogen and oxygen atoms in total. The van der Waals surface area contributed by atoms with Gasteiger partial charge in [0.25, 0.3) is 0 Å². The van der Waals surface area contributed by atoms with Gasteiger partial charge in [0.05, 0.1) is 0 Å². The summed E-state index contributed by atoms with van der Waals surface area (Å²) < 4.78 is 33.7. The quantitative estimate of drug-likeness (QED) is 0.511. The number of anilines is 2. The molecule has 30 heavy (non-hydrogen) atoms. The number of ether oxygens (including phenoxy) is 1. The summed E-state index contributed by atoms with van der Waals surface area (Å²) in [5.74, 6) is -0.214. The fourth-order valence-corrected chi connectivity index (χ4v) is 2.56. The molecule has 0 bridgehead atoms. The standard InChI is InChI=1S/C20H14F2N6O2/c21-13-8-14(22)10-16(9-13)27-20(29)26-15-2-4-17(5-3-15)30-19-11-18(23-12-24-19)28-7-1-6-25-28/h1-12H,(H2,26,27,29). The Morgan fingerprint density at radius 1 is 0.933 bits per heavy atom. The molecule has 4 rings (SSSR count). The van der Waals surface area contributed by atoms with Crippen LogP contribution in [0.25, 0.3) is 5.82 Å². The molecule has 0 aliphatic heterocycles. The topological polar surface area (TPSA) is 94.0 Å². The molecule has 10 heteroatoms.